The molecule has 0 spiro atoms. The van der Waals surface area contributed by atoms with Crippen LogP contribution in [0.15, 0.2) is 18.5 Å². The Morgan fingerprint density at radius 3 is 2.84 bits per heavy atom. The van der Waals surface area contributed by atoms with Gasteiger partial charge in [0.1, 0.15) is 6.17 Å². The first-order chi connectivity index (χ1) is 12.0. The zero-order chi connectivity index (χ0) is 17.6. The van der Waals surface area contributed by atoms with Crippen molar-refractivity contribution in [3.8, 4) is 0 Å². The van der Waals surface area contributed by atoms with Crippen LogP contribution in [0.5, 0.6) is 0 Å². The van der Waals surface area contributed by atoms with Crippen molar-refractivity contribution in [1.82, 2.24) is 25.4 Å². The topological polar surface area (TPSA) is 91.0 Å². The molecule has 2 amide bonds. The number of H-pyrrole nitrogens is 1. The largest absolute Gasteiger partial charge is 0.353 e. The van der Waals surface area contributed by atoms with Gasteiger partial charge < -0.3 is 10.2 Å². The highest BCUT2D eigenvalue weighted by Crippen LogP contribution is 2.31. The van der Waals surface area contributed by atoms with Crippen molar-refractivity contribution in [2.75, 3.05) is 13.1 Å². The van der Waals surface area contributed by atoms with Gasteiger partial charge in [-0.15, -0.1) is 0 Å². The van der Waals surface area contributed by atoms with Crippen LogP contribution in [0.2, 0.25) is 0 Å². The first-order valence-electron chi connectivity index (χ1n) is 8.56. The Kier molecular flexibility index (Phi) is 3.89. The van der Waals surface area contributed by atoms with E-state index >= 15 is 0 Å². The Bertz CT molecular complexity index is 816. The van der Waals surface area contributed by atoms with Crippen LogP contribution in [0.4, 0.5) is 4.39 Å². The second-order valence-electron chi connectivity index (χ2n) is 7.00. The number of carbonyl (C=O) groups excluding carboxylic acids is 2. The zero-order valence-electron chi connectivity index (χ0n) is 13.9. The van der Waals surface area contributed by atoms with Gasteiger partial charge in [-0.05, 0) is 25.8 Å². The fraction of sp³-hybridized carbons (Fsp3) is 0.529. The van der Waals surface area contributed by atoms with Crippen LogP contribution in [0.25, 0.3) is 11.0 Å². The van der Waals surface area contributed by atoms with E-state index in [1.165, 1.54) is 0 Å². The lowest BCUT2D eigenvalue weighted by atomic mass is 9.82. The average molecular weight is 345 g/mol. The highest BCUT2D eigenvalue weighted by Gasteiger charge is 2.40. The minimum atomic E-state index is -1.00. The molecule has 2 unspecified atom stereocenters. The maximum absolute atomic E-state index is 13.3. The minimum Gasteiger partial charge on any atom is -0.353 e. The third-order valence-electron chi connectivity index (χ3n) is 5.34. The smallest absolute Gasteiger partial charge is 0.255 e. The molecule has 3 atom stereocenters. The van der Waals surface area contributed by atoms with Crippen molar-refractivity contribution >= 4 is 22.8 Å². The first kappa shape index (κ1) is 16.0. The number of hydrogen-bond donors (Lipinski definition) is 2. The summed E-state index contributed by atoms with van der Waals surface area (Å²) < 4.78 is 13.3. The number of nitrogens with zero attached hydrogens (tertiary/aromatic N) is 3. The SMILES string of the molecule is C[C@H](NC(=O)C1CCC1F)C1CN(C(=O)c2cnc3[nH]ncc3c2)C1. The molecule has 1 saturated heterocycles. The molecule has 1 aliphatic carbocycles. The lowest BCUT2D eigenvalue weighted by Crippen LogP contribution is -2.58. The van der Waals surface area contributed by atoms with Gasteiger partial charge in [0.25, 0.3) is 5.91 Å². The van der Waals surface area contributed by atoms with Gasteiger partial charge in [-0.25, -0.2) is 9.37 Å². The van der Waals surface area contributed by atoms with E-state index in [1.807, 2.05) is 6.92 Å². The molecule has 3 heterocycles. The summed E-state index contributed by atoms with van der Waals surface area (Å²) in [7, 11) is 0. The number of aromatic amines is 1. The number of aromatic nitrogens is 3. The van der Waals surface area contributed by atoms with Gasteiger partial charge in [0.05, 0.1) is 17.7 Å². The number of halogens is 1. The minimum absolute atomic E-state index is 0.0705. The number of carbonyl (C=O) groups is 2. The molecule has 4 rings (SSSR count). The number of likely N-dealkylation sites (tertiary alicyclic amines) is 1. The molecule has 2 fully saturated rings. The van der Waals surface area contributed by atoms with Crippen molar-refractivity contribution < 1.29 is 14.0 Å². The highest BCUT2D eigenvalue weighted by molar-refractivity contribution is 5.97. The van der Waals surface area contributed by atoms with Crippen molar-refractivity contribution in [3.05, 3.63) is 24.0 Å². The Morgan fingerprint density at radius 1 is 1.36 bits per heavy atom. The maximum Gasteiger partial charge on any atom is 0.255 e. The normalized spacial score (nSPS) is 24.5. The van der Waals surface area contributed by atoms with Crippen molar-refractivity contribution in [1.29, 1.82) is 0 Å². The fourth-order valence-electron chi connectivity index (χ4n) is 3.33. The van der Waals surface area contributed by atoms with Gasteiger partial charge in [-0.2, -0.15) is 5.10 Å². The summed E-state index contributed by atoms with van der Waals surface area (Å²) >= 11 is 0. The van der Waals surface area contributed by atoms with Gasteiger partial charge >= 0.3 is 0 Å². The number of amides is 2. The molecule has 1 saturated carbocycles. The number of hydrogen-bond acceptors (Lipinski definition) is 4. The summed E-state index contributed by atoms with van der Waals surface area (Å²) in [5, 5.41) is 10.3. The molecule has 25 heavy (non-hydrogen) atoms. The number of nitrogens with one attached hydrogen (secondary N) is 2. The summed E-state index contributed by atoms with van der Waals surface area (Å²) in [6.07, 6.45) is 3.27. The van der Waals surface area contributed by atoms with Crippen molar-refractivity contribution in [3.63, 3.8) is 0 Å². The van der Waals surface area contributed by atoms with E-state index in [0.29, 0.717) is 37.1 Å². The highest BCUT2D eigenvalue weighted by atomic mass is 19.1. The molecule has 0 aromatic carbocycles. The van der Waals surface area contributed by atoms with Gasteiger partial charge in [0.15, 0.2) is 5.65 Å². The van der Waals surface area contributed by atoms with E-state index in [9.17, 15) is 14.0 Å². The van der Waals surface area contributed by atoms with E-state index < -0.39 is 12.1 Å². The molecular weight excluding hydrogens is 325 g/mol. The standard InChI is InChI=1S/C17H20FN5O2/c1-9(21-16(24)13-2-3-14(13)18)12-7-23(8-12)17(25)11-4-10-6-20-22-15(10)19-5-11/h4-6,9,12-14H,2-3,7-8H2,1H3,(H,21,24)(H,19,20,22)/t9-,13?,14?/m0/s1. The van der Waals surface area contributed by atoms with E-state index in [-0.39, 0.29) is 23.8 Å². The molecule has 2 aliphatic rings. The van der Waals surface area contributed by atoms with Gasteiger partial charge in [-0.1, -0.05) is 0 Å². The fourth-order valence-corrected chi connectivity index (χ4v) is 3.33. The summed E-state index contributed by atoms with van der Waals surface area (Å²) in [6.45, 7) is 3.07. The Labute approximate surface area is 144 Å². The molecule has 0 bridgehead atoms. The van der Waals surface area contributed by atoms with E-state index in [2.05, 4.69) is 20.5 Å². The third-order valence-corrected chi connectivity index (χ3v) is 5.34. The first-order valence-corrected chi connectivity index (χ1v) is 8.56. The molecule has 7 nitrogen and oxygen atoms in total. The third kappa shape index (κ3) is 2.85. The number of alkyl halides is 1. The molecular formula is C17H20FN5O2. The summed E-state index contributed by atoms with van der Waals surface area (Å²) in [6, 6.07) is 1.70. The maximum atomic E-state index is 13.3. The summed E-state index contributed by atoms with van der Waals surface area (Å²) in [4.78, 5) is 30.4. The van der Waals surface area contributed by atoms with Gasteiger partial charge in [0.2, 0.25) is 5.91 Å². The molecule has 2 aromatic rings. The van der Waals surface area contributed by atoms with E-state index in [4.69, 9.17) is 0 Å². The Morgan fingerprint density at radius 2 is 2.16 bits per heavy atom. The quantitative estimate of drug-likeness (QED) is 0.873. The monoisotopic (exact) mass is 345 g/mol. The number of rotatable bonds is 4. The predicted molar refractivity (Wildman–Crippen MR) is 88.5 cm³/mol. The van der Waals surface area contributed by atoms with Crippen molar-refractivity contribution in [2.24, 2.45) is 11.8 Å². The van der Waals surface area contributed by atoms with E-state index in [1.54, 1.807) is 23.4 Å². The molecule has 8 heteroatoms. The number of pyridine rings is 1. The number of fused-ring (bicyclic) bond motifs is 1. The van der Waals surface area contributed by atoms with Crippen LogP contribution in [-0.4, -0.2) is 57.2 Å². The summed E-state index contributed by atoms with van der Waals surface area (Å²) in [5.41, 5.74) is 1.18. The molecule has 2 aromatic heterocycles. The van der Waals surface area contributed by atoms with Crippen LogP contribution in [-0.2, 0) is 4.79 Å². The van der Waals surface area contributed by atoms with Crippen molar-refractivity contribution in [2.45, 2.75) is 32.0 Å². The average Bonchev–Trinajstić information content (AvgIpc) is 2.99. The molecule has 0 radical (unpaired) electrons. The molecule has 132 valence electrons. The van der Waals surface area contributed by atoms with E-state index in [0.717, 1.165) is 5.39 Å². The Balaban J connectivity index is 1.31. The second kappa shape index (κ2) is 6.09. The Hall–Kier alpha value is -2.51. The lowest BCUT2D eigenvalue weighted by molar-refractivity contribution is -0.132. The van der Waals surface area contributed by atoms with Gasteiger partial charge in [0, 0.05) is 36.6 Å². The molecule has 2 N–H and O–H groups in total. The van der Waals surface area contributed by atoms with Crippen LogP contribution < -0.4 is 5.32 Å². The zero-order valence-corrected chi connectivity index (χ0v) is 13.9. The van der Waals surface area contributed by atoms with Crippen LogP contribution in [0.1, 0.15) is 30.1 Å². The van der Waals surface area contributed by atoms with Crippen LogP contribution in [0, 0.1) is 11.8 Å². The van der Waals surface area contributed by atoms with Crippen LogP contribution >= 0.6 is 0 Å². The second-order valence-corrected chi connectivity index (χ2v) is 7.00. The predicted octanol–water partition coefficient (Wildman–Crippen LogP) is 1.28. The lowest BCUT2D eigenvalue weighted by Gasteiger charge is -2.43. The van der Waals surface area contributed by atoms with Crippen LogP contribution in [0.3, 0.4) is 0 Å². The van der Waals surface area contributed by atoms with Gasteiger partial charge in [-0.3, -0.25) is 14.7 Å². The summed E-state index contributed by atoms with van der Waals surface area (Å²) in [5.74, 6) is -0.580. The molecule has 1 aliphatic heterocycles.